The third kappa shape index (κ3) is 2.96. The van der Waals surface area contributed by atoms with Crippen LogP contribution in [0.2, 0.25) is 0 Å². The van der Waals surface area contributed by atoms with Crippen molar-refractivity contribution in [3.63, 3.8) is 0 Å². The van der Waals surface area contributed by atoms with Crippen LogP contribution >= 0.6 is 0 Å². The number of hydrogen-bond acceptors (Lipinski definition) is 3. The lowest BCUT2D eigenvalue weighted by molar-refractivity contribution is 0.306. The Labute approximate surface area is 109 Å². The second-order valence-electron chi connectivity index (χ2n) is 5.07. The summed E-state index contributed by atoms with van der Waals surface area (Å²) < 4.78 is 10.6. The molecule has 3 heteroatoms. The van der Waals surface area contributed by atoms with E-state index in [-0.39, 0.29) is 6.04 Å². The van der Waals surface area contributed by atoms with Crippen LogP contribution in [0.5, 0.6) is 11.5 Å². The van der Waals surface area contributed by atoms with Gasteiger partial charge in [0.2, 0.25) is 0 Å². The first-order valence-corrected chi connectivity index (χ1v) is 6.73. The van der Waals surface area contributed by atoms with Crippen molar-refractivity contribution in [2.45, 2.75) is 38.1 Å². The van der Waals surface area contributed by atoms with Gasteiger partial charge in [-0.25, -0.2) is 0 Å². The van der Waals surface area contributed by atoms with Crippen LogP contribution < -0.4 is 15.2 Å². The van der Waals surface area contributed by atoms with Gasteiger partial charge in [-0.05, 0) is 36.5 Å². The Kier molecular flexibility index (Phi) is 4.48. The second kappa shape index (κ2) is 6.10. The molecule has 0 aromatic heterocycles. The van der Waals surface area contributed by atoms with E-state index in [0.717, 1.165) is 17.1 Å². The standard InChI is InChI=1S/C15H23NO2/c1-17-13-8-12(9-14(10-13)18-2)15(16)11-6-4-3-5-7-11/h8-11,15H,3-7,16H2,1-2H3/t15-/m0/s1. The first-order valence-electron chi connectivity index (χ1n) is 6.73. The van der Waals surface area contributed by atoms with Crippen LogP contribution in [0.25, 0.3) is 0 Å². The molecule has 2 N–H and O–H groups in total. The van der Waals surface area contributed by atoms with Gasteiger partial charge in [-0.3, -0.25) is 0 Å². The van der Waals surface area contributed by atoms with Crippen LogP contribution in [0.4, 0.5) is 0 Å². The molecule has 0 radical (unpaired) electrons. The molecule has 0 spiro atoms. The van der Waals surface area contributed by atoms with Crippen molar-refractivity contribution in [1.29, 1.82) is 0 Å². The van der Waals surface area contributed by atoms with Crippen molar-refractivity contribution in [3.8, 4) is 11.5 Å². The van der Waals surface area contributed by atoms with E-state index in [9.17, 15) is 0 Å². The summed E-state index contributed by atoms with van der Waals surface area (Å²) in [5.41, 5.74) is 7.53. The van der Waals surface area contributed by atoms with Crippen molar-refractivity contribution in [2.75, 3.05) is 14.2 Å². The van der Waals surface area contributed by atoms with E-state index in [1.54, 1.807) is 14.2 Å². The monoisotopic (exact) mass is 249 g/mol. The summed E-state index contributed by atoms with van der Waals surface area (Å²) in [6.07, 6.45) is 6.44. The van der Waals surface area contributed by atoms with Gasteiger partial charge in [0.05, 0.1) is 14.2 Å². The molecule has 1 aliphatic rings. The summed E-state index contributed by atoms with van der Waals surface area (Å²) in [5.74, 6) is 2.22. The molecule has 0 aliphatic heterocycles. The van der Waals surface area contributed by atoms with Gasteiger partial charge in [0.15, 0.2) is 0 Å². The lowest BCUT2D eigenvalue weighted by Crippen LogP contribution is -2.23. The van der Waals surface area contributed by atoms with Crippen molar-refractivity contribution < 1.29 is 9.47 Å². The van der Waals surface area contributed by atoms with Gasteiger partial charge in [-0.1, -0.05) is 19.3 Å². The number of rotatable bonds is 4. The highest BCUT2D eigenvalue weighted by molar-refractivity contribution is 5.40. The van der Waals surface area contributed by atoms with Crippen LogP contribution in [-0.4, -0.2) is 14.2 Å². The molecule has 2 rings (SSSR count). The van der Waals surface area contributed by atoms with Gasteiger partial charge >= 0.3 is 0 Å². The minimum Gasteiger partial charge on any atom is -0.497 e. The molecule has 100 valence electrons. The van der Waals surface area contributed by atoms with Gasteiger partial charge in [0, 0.05) is 12.1 Å². The molecule has 3 nitrogen and oxygen atoms in total. The van der Waals surface area contributed by atoms with E-state index in [1.165, 1.54) is 32.1 Å². The molecule has 1 aromatic rings. The third-order valence-electron chi connectivity index (χ3n) is 3.92. The molecular weight excluding hydrogens is 226 g/mol. The molecule has 0 unspecified atom stereocenters. The summed E-state index contributed by atoms with van der Waals surface area (Å²) >= 11 is 0. The highest BCUT2D eigenvalue weighted by Crippen LogP contribution is 2.35. The Hall–Kier alpha value is -1.22. The molecule has 1 fully saturated rings. The second-order valence-corrected chi connectivity index (χ2v) is 5.07. The van der Waals surface area contributed by atoms with Gasteiger partial charge in [-0.15, -0.1) is 0 Å². The fraction of sp³-hybridized carbons (Fsp3) is 0.600. The Bertz CT molecular complexity index is 364. The molecule has 0 amide bonds. The first kappa shape index (κ1) is 13.2. The Morgan fingerprint density at radius 1 is 1.00 bits per heavy atom. The van der Waals surface area contributed by atoms with E-state index in [4.69, 9.17) is 15.2 Å². The average Bonchev–Trinajstić information content (AvgIpc) is 2.46. The van der Waals surface area contributed by atoms with E-state index in [2.05, 4.69) is 0 Å². The van der Waals surface area contributed by atoms with Crippen LogP contribution in [-0.2, 0) is 0 Å². The van der Waals surface area contributed by atoms with Gasteiger partial charge in [0.25, 0.3) is 0 Å². The number of hydrogen-bond donors (Lipinski definition) is 1. The maximum Gasteiger partial charge on any atom is 0.122 e. The first-order chi connectivity index (χ1) is 8.74. The highest BCUT2D eigenvalue weighted by Gasteiger charge is 2.22. The number of nitrogens with two attached hydrogens (primary N) is 1. The lowest BCUT2D eigenvalue weighted by atomic mass is 9.81. The van der Waals surface area contributed by atoms with Crippen LogP contribution in [0.3, 0.4) is 0 Å². The normalized spacial score (nSPS) is 18.4. The molecule has 1 atom stereocenters. The predicted octanol–water partition coefficient (Wildman–Crippen LogP) is 3.28. The van der Waals surface area contributed by atoms with E-state index in [0.29, 0.717) is 5.92 Å². The van der Waals surface area contributed by atoms with Crippen molar-refractivity contribution in [2.24, 2.45) is 11.7 Å². The summed E-state index contributed by atoms with van der Waals surface area (Å²) in [4.78, 5) is 0. The van der Waals surface area contributed by atoms with Crippen molar-refractivity contribution in [1.82, 2.24) is 0 Å². The Morgan fingerprint density at radius 2 is 1.56 bits per heavy atom. The third-order valence-corrected chi connectivity index (χ3v) is 3.92. The smallest absolute Gasteiger partial charge is 0.122 e. The van der Waals surface area contributed by atoms with Crippen LogP contribution in [0.1, 0.15) is 43.7 Å². The summed E-state index contributed by atoms with van der Waals surface area (Å²) in [6, 6.07) is 6.04. The topological polar surface area (TPSA) is 44.5 Å². The fourth-order valence-corrected chi connectivity index (χ4v) is 2.79. The van der Waals surface area contributed by atoms with Crippen LogP contribution in [0.15, 0.2) is 18.2 Å². The minimum absolute atomic E-state index is 0.0919. The van der Waals surface area contributed by atoms with Crippen molar-refractivity contribution >= 4 is 0 Å². The highest BCUT2D eigenvalue weighted by atomic mass is 16.5. The number of benzene rings is 1. The fourth-order valence-electron chi connectivity index (χ4n) is 2.79. The van der Waals surface area contributed by atoms with E-state index < -0.39 is 0 Å². The van der Waals surface area contributed by atoms with E-state index in [1.807, 2.05) is 18.2 Å². The Morgan fingerprint density at radius 3 is 2.06 bits per heavy atom. The number of methoxy groups -OCH3 is 2. The average molecular weight is 249 g/mol. The molecule has 1 aliphatic carbocycles. The summed E-state index contributed by atoms with van der Waals surface area (Å²) in [7, 11) is 3.34. The quantitative estimate of drug-likeness (QED) is 0.890. The van der Waals surface area contributed by atoms with Crippen LogP contribution in [0, 0.1) is 5.92 Å². The lowest BCUT2D eigenvalue weighted by Gasteiger charge is -2.28. The largest absolute Gasteiger partial charge is 0.497 e. The zero-order chi connectivity index (χ0) is 13.0. The summed E-state index contributed by atoms with van der Waals surface area (Å²) in [5, 5.41) is 0. The zero-order valence-electron chi connectivity index (χ0n) is 11.3. The molecule has 1 aromatic carbocycles. The predicted molar refractivity (Wildman–Crippen MR) is 73.0 cm³/mol. The number of ether oxygens (including phenoxy) is 2. The zero-order valence-corrected chi connectivity index (χ0v) is 11.3. The summed E-state index contributed by atoms with van der Waals surface area (Å²) in [6.45, 7) is 0. The molecule has 0 saturated heterocycles. The van der Waals surface area contributed by atoms with Gasteiger partial charge in [-0.2, -0.15) is 0 Å². The maximum absolute atomic E-state index is 6.41. The van der Waals surface area contributed by atoms with Gasteiger partial charge in [0.1, 0.15) is 11.5 Å². The minimum atomic E-state index is 0.0919. The molecule has 18 heavy (non-hydrogen) atoms. The Balaban J connectivity index is 2.19. The van der Waals surface area contributed by atoms with Crippen molar-refractivity contribution in [3.05, 3.63) is 23.8 Å². The van der Waals surface area contributed by atoms with Gasteiger partial charge < -0.3 is 15.2 Å². The SMILES string of the molecule is COc1cc(OC)cc([C@@H](N)C2CCCCC2)c1. The molecular formula is C15H23NO2. The molecule has 1 saturated carbocycles. The van der Waals surface area contributed by atoms with E-state index >= 15 is 0 Å². The maximum atomic E-state index is 6.41. The molecule has 0 heterocycles. The molecule has 0 bridgehead atoms.